The minimum Gasteiger partial charge on any atom is -0.370 e. The Morgan fingerprint density at radius 1 is 0.753 bits per heavy atom. The number of nitrogens with two attached hydrogens (primary N) is 4. The van der Waals surface area contributed by atoms with Crippen molar-refractivity contribution in [3.63, 3.8) is 0 Å². The number of benzene rings is 4. The van der Waals surface area contributed by atoms with Gasteiger partial charge in [0.25, 0.3) is 0 Å². The van der Waals surface area contributed by atoms with Crippen LogP contribution in [0.4, 0.5) is 0 Å². The molecule has 8 amide bonds. The van der Waals surface area contributed by atoms with Crippen molar-refractivity contribution >= 4 is 74.9 Å². The third kappa shape index (κ3) is 15.4. The van der Waals surface area contributed by atoms with E-state index >= 15 is 9.59 Å². The average Bonchev–Trinajstić information content (AvgIpc) is 3.77. The number of hydrogen-bond donors (Lipinski definition) is 11. The first-order chi connectivity index (χ1) is 37.1. The van der Waals surface area contributed by atoms with Crippen LogP contribution in [0.25, 0.3) is 21.7 Å². The Labute approximate surface area is 446 Å². The normalized spacial score (nSPS) is 21.8. The van der Waals surface area contributed by atoms with Gasteiger partial charge in [-0.1, -0.05) is 105 Å². The number of hydrogen-bond acceptors (Lipinski definition) is 10. The van der Waals surface area contributed by atoms with Gasteiger partial charge in [0.05, 0.1) is 12.5 Å². The largest absolute Gasteiger partial charge is 0.370 e. The molecule has 4 aromatic carbocycles. The summed E-state index contributed by atoms with van der Waals surface area (Å²) >= 11 is 0. The number of H-pyrrole nitrogens is 1. The van der Waals surface area contributed by atoms with Gasteiger partial charge in [-0.25, -0.2) is 0 Å². The number of rotatable bonds is 14. The van der Waals surface area contributed by atoms with E-state index in [9.17, 15) is 28.8 Å². The van der Waals surface area contributed by atoms with Crippen molar-refractivity contribution in [3.8, 4) is 0 Å². The van der Waals surface area contributed by atoms with Crippen molar-refractivity contribution in [2.24, 2.45) is 27.9 Å². The maximum atomic E-state index is 15.4. The SMILES string of the molecule is CCCC[C@H](N)C(=O)N[C@H]1CC(=O)NCCCC[C@@H](C(N)=O)NC(=O)[C@H](Cc2c[nH]c3ccccc23)NC(=O)[C@H](CCCN=C(N)N)NC(=O)[C@@H](Cc2ccc3ccccc3c2)N2Cc3ccccc3CC(NC1=O)C2=O. The highest BCUT2D eigenvalue weighted by Gasteiger charge is 2.40. The fraction of sp³-hybridized carbons (Fsp3) is 0.411. The lowest BCUT2D eigenvalue weighted by Gasteiger charge is -2.34. The molecule has 1 unspecified atom stereocenters. The van der Waals surface area contributed by atoms with Gasteiger partial charge in [-0.15, -0.1) is 0 Å². The lowest BCUT2D eigenvalue weighted by molar-refractivity contribution is -0.145. The highest BCUT2D eigenvalue weighted by Crippen LogP contribution is 2.26. The molecule has 21 heteroatoms. The molecule has 0 saturated carbocycles. The van der Waals surface area contributed by atoms with Gasteiger partial charge >= 0.3 is 0 Å². The highest BCUT2D eigenvalue weighted by atomic mass is 16.2. The van der Waals surface area contributed by atoms with Crippen LogP contribution in [-0.2, 0) is 64.2 Å². The van der Waals surface area contributed by atoms with E-state index in [1.54, 1.807) is 18.3 Å². The van der Waals surface area contributed by atoms with Crippen molar-refractivity contribution < 1.29 is 38.4 Å². The summed E-state index contributed by atoms with van der Waals surface area (Å²) in [4.78, 5) is 123. The summed E-state index contributed by atoms with van der Waals surface area (Å²) in [5, 5.41) is 19.4. The van der Waals surface area contributed by atoms with E-state index in [0.29, 0.717) is 47.9 Å². The standard InChI is InChI=1S/C56H71N13O8/c1-2-3-18-40(57)50(72)66-45-30-48(70)61-24-11-10-20-42(49(58)71)64-52(74)44(29-38-31-63-41-19-9-8-17-39(38)41)67-51(73)43(21-12-25-62-56(59)60)65-54(76)47(27-33-22-23-34-13-4-5-14-35(34)26-33)69-32-37-16-7-6-15-36(37)28-46(55(69)77)68-53(45)75/h4-9,13-17,19,22-23,26,31,40,42-47,63H,2-3,10-12,18,20-21,24-25,27-30,32,57H2,1H3,(H2,58,71)(H,61,70)(H,64,74)(H,65,76)(H,66,72)(H,67,73)(H,68,75)(H4,59,60,62)/t40-,42-,43-,44-,45-,46?,47+/m0/s1. The number of unbranched alkanes of at least 4 members (excludes halogenated alkanes) is 1. The predicted octanol–water partition coefficient (Wildman–Crippen LogP) is 1.23. The van der Waals surface area contributed by atoms with Crippen molar-refractivity contribution in [1.82, 2.24) is 41.8 Å². The summed E-state index contributed by atoms with van der Waals surface area (Å²) in [6.45, 7) is 2.03. The van der Waals surface area contributed by atoms with Crippen molar-refractivity contribution in [2.45, 2.75) is 133 Å². The monoisotopic (exact) mass is 1050 g/mol. The number of carbonyl (C=O) groups is 8. The maximum Gasteiger partial charge on any atom is 0.246 e. The van der Waals surface area contributed by atoms with Gasteiger partial charge in [0.1, 0.15) is 36.3 Å². The summed E-state index contributed by atoms with van der Waals surface area (Å²) in [5.74, 6) is -5.95. The molecule has 7 atom stereocenters. The third-order valence-electron chi connectivity index (χ3n) is 14.1. The van der Waals surface area contributed by atoms with E-state index in [4.69, 9.17) is 22.9 Å². The Bertz CT molecular complexity index is 2970. The van der Waals surface area contributed by atoms with E-state index in [-0.39, 0.29) is 64.1 Å². The summed E-state index contributed by atoms with van der Waals surface area (Å²) < 4.78 is 0. The molecule has 77 heavy (non-hydrogen) atoms. The number of amides is 8. The van der Waals surface area contributed by atoms with Crippen LogP contribution in [0.3, 0.4) is 0 Å². The number of para-hydroxylation sites is 1. The lowest BCUT2D eigenvalue weighted by Crippen LogP contribution is -2.61. The number of carbonyl (C=O) groups excluding carboxylic acids is 8. The number of nitrogens with zero attached hydrogens (tertiary/aromatic N) is 2. The van der Waals surface area contributed by atoms with Gasteiger partial charge in [-0.3, -0.25) is 43.3 Å². The molecule has 2 bridgehead atoms. The molecule has 7 rings (SSSR count). The van der Waals surface area contributed by atoms with Gasteiger partial charge < -0.3 is 64.7 Å². The maximum absolute atomic E-state index is 15.4. The molecule has 2 aliphatic heterocycles. The highest BCUT2D eigenvalue weighted by molar-refractivity contribution is 5.99. The number of aromatic nitrogens is 1. The second-order valence-corrected chi connectivity index (χ2v) is 19.9. The second-order valence-electron chi connectivity index (χ2n) is 19.9. The quantitative estimate of drug-likeness (QED) is 0.0427. The Morgan fingerprint density at radius 2 is 1.47 bits per heavy atom. The molecular weight excluding hydrogens is 983 g/mol. The molecule has 21 nitrogen and oxygen atoms in total. The first kappa shape index (κ1) is 56.4. The zero-order valence-corrected chi connectivity index (χ0v) is 43.4. The Kier molecular flexibility index (Phi) is 19.7. The van der Waals surface area contributed by atoms with E-state index in [1.807, 2.05) is 85.8 Å². The molecule has 2 aliphatic rings. The Morgan fingerprint density at radius 3 is 2.23 bits per heavy atom. The smallest absolute Gasteiger partial charge is 0.246 e. The molecule has 15 N–H and O–H groups in total. The predicted molar refractivity (Wildman–Crippen MR) is 292 cm³/mol. The van der Waals surface area contributed by atoms with Gasteiger partial charge in [0.2, 0.25) is 47.3 Å². The molecule has 0 spiro atoms. The van der Waals surface area contributed by atoms with Crippen LogP contribution in [0, 0.1) is 0 Å². The summed E-state index contributed by atoms with van der Waals surface area (Å²) in [5.41, 5.74) is 26.9. The fourth-order valence-corrected chi connectivity index (χ4v) is 9.86. The number of fused-ring (bicyclic) bond motifs is 5. The van der Waals surface area contributed by atoms with Crippen LogP contribution in [0.15, 0.2) is 102 Å². The van der Waals surface area contributed by atoms with Gasteiger partial charge in [0, 0.05) is 56.0 Å². The first-order valence-corrected chi connectivity index (χ1v) is 26.4. The molecule has 1 aromatic heterocycles. The third-order valence-corrected chi connectivity index (χ3v) is 14.1. The molecule has 5 aromatic rings. The molecule has 408 valence electrons. The Hall–Kier alpha value is -8.33. The van der Waals surface area contributed by atoms with E-state index in [1.165, 1.54) is 4.90 Å². The topological polar surface area (TPSA) is 344 Å². The lowest BCUT2D eigenvalue weighted by atomic mass is 9.98. The zero-order chi connectivity index (χ0) is 55.0. The molecule has 1 fully saturated rings. The van der Waals surface area contributed by atoms with Crippen LogP contribution in [0.1, 0.15) is 87.0 Å². The molecule has 0 aliphatic carbocycles. The number of guanidine groups is 1. The Balaban J connectivity index is 1.31. The molecular formula is C56H71N13O8. The minimum absolute atomic E-state index is 0.00750. The molecule has 0 radical (unpaired) electrons. The summed E-state index contributed by atoms with van der Waals surface area (Å²) in [6.07, 6.45) is 3.69. The van der Waals surface area contributed by atoms with Crippen LogP contribution in [-0.4, -0.2) is 118 Å². The van der Waals surface area contributed by atoms with Crippen molar-refractivity contribution in [1.29, 1.82) is 0 Å². The van der Waals surface area contributed by atoms with E-state index in [2.05, 4.69) is 41.9 Å². The average molecular weight is 1050 g/mol. The van der Waals surface area contributed by atoms with Crippen molar-refractivity contribution in [2.75, 3.05) is 13.1 Å². The first-order valence-electron chi connectivity index (χ1n) is 26.4. The van der Waals surface area contributed by atoms with E-state index in [0.717, 1.165) is 28.1 Å². The van der Waals surface area contributed by atoms with Gasteiger partial charge in [-0.2, -0.15) is 0 Å². The fourth-order valence-electron chi connectivity index (χ4n) is 9.86. The summed E-state index contributed by atoms with van der Waals surface area (Å²) in [7, 11) is 0. The molecule has 1 saturated heterocycles. The number of nitrogens with one attached hydrogen (secondary N) is 7. The minimum atomic E-state index is -1.47. The number of aliphatic imine (C=N–C) groups is 1. The van der Waals surface area contributed by atoms with E-state index < -0.39 is 96.0 Å². The van der Waals surface area contributed by atoms with Crippen molar-refractivity contribution in [3.05, 3.63) is 119 Å². The summed E-state index contributed by atoms with van der Waals surface area (Å²) in [6, 6.07) is 19.1. The van der Waals surface area contributed by atoms with Crippen LogP contribution in [0.5, 0.6) is 0 Å². The molecule has 3 heterocycles. The number of aromatic amines is 1. The van der Waals surface area contributed by atoms with Gasteiger partial charge in [-0.05, 0) is 77.6 Å². The van der Waals surface area contributed by atoms with Crippen LogP contribution < -0.4 is 54.8 Å². The van der Waals surface area contributed by atoms with Crippen LogP contribution >= 0.6 is 0 Å². The number of primary amides is 1. The zero-order valence-electron chi connectivity index (χ0n) is 43.4. The van der Waals surface area contributed by atoms with Gasteiger partial charge in [0.15, 0.2) is 5.96 Å². The second kappa shape index (κ2) is 26.9. The van der Waals surface area contributed by atoms with Crippen LogP contribution in [0.2, 0.25) is 0 Å².